The molecule has 0 aromatic heterocycles. The second-order valence-corrected chi connectivity index (χ2v) is 4.59. The average Bonchev–Trinajstić information content (AvgIpc) is 2.35. The van der Waals surface area contributed by atoms with Gasteiger partial charge in [-0.15, -0.1) is 6.58 Å². The van der Waals surface area contributed by atoms with Crippen LogP contribution in [0.5, 0.6) is 0 Å². The van der Waals surface area contributed by atoms with Gasteiger partial charge >= 0.3 is 0 Å². The van der Waals surface area contributed by atoms with Crippen LogP contribution >= 0.6 is 0 Å². The molecule has 0 unspecified atom stereocenters. The first-order valence-electron chi connectivity index (χ1n) is 6.20. The standard InChI is InChI=1S/C15H23NO/c1-3-7-15(13-17)10-11-16(2)12-14-8-5-4-6-9-14/h3-6,8-9,15,17H,1,7,10-13H2,2H3/t15-/m0/s1. The normalized spacial score (nSPS) is 12.6. The Labute approximate surface area is 105 Å². The van der Waals surface area contributed by atoms with Gasteiger partial charge in [-0.25, -0.2) is 0 Å². The molecule has 0 saturated carbocycles. The molecule has 0 bridgehead atoms. The van der Waals surface area contributed by atoms with Crippen LogP contribution in [0.15, 0.2) is 43.0 Å². The molecule has 2 heteroatoms. The van der Waals surface area contributed by atoms with Gasteiger partial charge in [0.1, 0.15) is 0 Å². The van der Waals surface area contributed by atoms with Crippen molar-refractivity contribution in [3.63, 3.8) is 0 Å². The highest BCUT2D eigenvalue weighted by atomic mass is 16.3. The van der Waals surface area contributed by atoms with Gasteiger partial charge in [-0.05, 0) is 37.9 Å². The molecule has 0 aliphatic heterocycles. The molecule has 1 N–H and O–H groups in total. The number of nitrogens with zero attached hydrogens (tertiary/aromatic N) is 1. The van der Waals surface area contributed by atoms with Crippen molar-refractivity contribution < 1.29 is 5.11 Å². The third kappa shape index (κ3) is 5.66. The van der Waals surface area contributed by atoms with Gasteiger partial charge in [0.15, 0.2) is 0 Å². The van der Waals surface area contributed by atoms with Gasteiger partial charge in [-0.2, -0.15) is 0 Å². The molecule has 0 heterocycles. The van der Waals surface area contributed by atoms with E-state index in [0.717, 1.165) is 25.9 Å². The lowest BCUT2D eigenvalue weighted by Crippen LogP contribution is -2.22. The summed E-state index contributed by atoms with van der Waals surface area (Å²) in [6, 6.07) is 10.5. The molecular formula is C15H23NO. The van der Waals surface area contributed by atoms with Crippen molar-refractivity contribution in [3.8, 4) is 0 Å². The van der Waals surface area contributed by atoms with Crippen molar-refractivity contribution in [2.45, 2.75) is 19.4 Å². The molecule has 0 radical (unpaired) electrons. The Morgan fingerprint density at radius 3 is 2.65 bits per heavy atom. The molecule has 1 rings (SSSR count). The van der Waals surface area contributed by atoms with Crippen LogP contribution in [0.2, 0.25) is 0 Å². The average molecular weight is 233 g/mol. The Morgan fingerprint density at radius 2 is 2.06 bits per heavy atom. The van der Waals surface area contributed by atoms with E-state index in [1.807, 2.05) is 12.1 Å². The maximum atomic E-state index is 9.19. The maximum absolute atomic E-state index is 9.19. The zero-order valence-corrected chi connectivity index (χ0v) is 10.7. The molecule has 0 aliphatic rings. The molecule has 1 atom stereocenters. The first-order chi connectivity index (χ1) is 8.26. The van der Waals surface area contributed by atoms with E-state index in [-0.39, 0.29) is 6.61 Å². The van der Waals surface area contributed by atoms with Crippen LogP contribution in [0.4, 0.5) is 0 Å². The fourth-order valence-electron chi connectivity index (χ4n) is 1.90. The smallest absolute Gasteiger partial charge is 0.0462 e. The lowest BCUT2D eigenvalue weighted by Gasteiger charge is -2.19. The number of aliphatic hydroxyl groups excluding tert-OH is 1. The Bertz CT molecular complexity index is 310. The fraction of sp³-hybridized carbons (Fsp3) is 0.467. The topological polar surface area (TPSA) is 23.5 Å². The van der Waals surface area contributed by atoms with Gasteiger partial charge in [-0.3, -0.25) is 0 Å². The summed E-state index contributed by atoms with van der Waals surface area (Å²) in [4.78, 5) is 2.29. The molecule has 1 aromatic carbocycles. The second-order valence-electron chi connectivity index (χ2n) is 4.59. The molecule has 0 spiro atoms. The SMILES string of the molecule is C=CC[C@H](CO)CCN(C)Cc1ccccc1. The van der Waals surface area contributed by atoms with Crippen molar-refractivity contribution in [2.75, 3.05) is 20.2 Å². The van der Waals surface area contributed by atoms with Crippen molar-refractivity contribution in [2.24, 2.45) is 5.92 Å². The van der Waals surface area contributed by atoms with Gasteiger partial charge in [0.05, 0.1) is 0 Å². The van der Waals surface area contributed by atoms with Crippen LogP contribution in [0.3, 0.4) is 0 Å². The summed E-state index contributed by atoms with van der Waals surface area (Å²) in [5.41, 5.74) is 1.33. The number of benzene rings is 1. The minimum atomic E-state index is 0.255. The molecule has 94 valence electrons. The summed E-state index contributed by atoms with van der Waals surface area (Å²) in [5, 5.41) is 9.19. The van der Waals surface area contributed by atoms with Gasteiger partial charge in [0.2, 0.25) is 0 Å². The number of hydrogen-bond acceptors (Lipinski definition) is 2. The molecule has 0 saturated heterocycles. The summed E-state index contributed by atoms with van der Waals surface area (Å²) in [6.07, 6.45) is 3.81. The molecule has 2 nitrogen and oxygen atoms in total. The van der Waals surface area contributed by atoms with Crippen LogP contribution in [-0.2, 0) is 6.54 Å². The van der Waals surface area contributed by atoms with E-state index >= 15 is 0 Å². The molecule has 0 amide bonds. The van der Waals surface area contributed by atoms with Crippen LogP contribution in [0.25, 0.3) is 0 Å². The number of allylic oxidation sites excluding steroid dienone is 1. The van der Waals surface area contributed by atoms with E-state index in [1.165, 1.54) is 5.56 Å². The first kappa shape index (κ1) is 13.9. The van der Waals surface area contributed by atoms with Gasteiger partial charge in [-0.1, -0.05) is 36.4 Å². The van der Waals surface area contributed by atoms with Crippen LogP contribution < -0.4 is 0 Å². The Kier molecular flexibility index (Phi) is 6.60. The quantitative estimate of drug-likeness (QED) is 0.698. The first-order valence-corrected chi connectivity index (χ1v) is 6.20. The zero-order chi connectivity index (χ0) is 12.5. The Balaban J connectivity index is 2.29. The van der Waals surface area contributed by atoms with E-state index in [9.17, 15) is 5.11 Å². The molecule has 0 fully saturated rings. The second kappa shape index (κ2) is 8.04. The van der Waals surface area contributed by atoms with E-state index in [1.54, 1.807) is 0 Å². The van der Waals surface area contributed by atoms with E-state index in [4.69, 9.17) is 0 Å². The minimum absolute atomic E-state index is 0.255. The zero-order valence-electron chi connectivity index (χ0n) is 10.7. The van der Waals surface area contributed by atoms with Crippen LogP contribution in [0, 0.1) is 5.92 Å². The molecule has 0 aliphatic carbocycles. The van der Waals surface area contributed by atoms with E-state index in [2.05, 4.69) is 42.8 Å². The molecular weight excluding hydrogens is 210 g/mol. The number of rotatable bonds is 8. The van der Waals surface area contributed by atoms with E-state index < -0.39 is 0 Å². The summed E-state index contributed by atoms with van der Waals surface area (Å²) in [6.45, 7) is 5.95. The molecule has 17 heavy (non-hydrogen) atoms. The summed E-state index contributed by atoms with van der Waals surface area (Å²) >= 11 is 0. The highest BCUT2D eigenvalue weighted by Crippen LogP contribution is 2.10. The fourth-order valence-corrected chi connectivity index (χ4v) is 1.90. The third-order valence-electron chi connectivity index (χ3n) is 2.97. The van der Waals surface area contributed by atoms with Gasteiger partial charge in [0, 0.05) is 13.2 Å². The summed E-state index contributed by atoms with van der Waals surface area (Å²) < 4.78 is 0. The summed E-state index contributed by atoms with van der Waals surface area (Å²) in [5.74, 6) is 0.353. The van der Waals surface area contributed by atoms with Crippen molar-refractivity contribution >= 4 is 0 Å². The monoisotopic (exact) mass is 233 g/mol. The largest absolute Gasteiger partial charge is 0.396 e. The van der Waals surface area contributed by atoms with Crippen LogP contribution in [0.1, 0.15) is 18.4 Å². The Morgan fingerprint density at radius 1 is 1.35 bits per heavy atom. The lowest BCUT2D eigenvalue weighted by molar-refractivity contribution is 0.200. The van der Waals surface area contributed by atoms with Gasteiger partial charge in [0.25, 0.3) is 0 Å². The predicted octanol–water partition coefficient (Wildman–Crippen LogP) is 2.69. The van der Waals surface area contributed by atoms with Crippen molar-refractivity contribution in [3.05, 3.63) is 48.6 Å². The third-order valence-corrected chi connectivity index (χ3v) is 2.97. The van der Waals surface area contributed by atoms with Crippen molar-refractivity contribution in [1.82, 2.24) is 4.90 Å². The predicted molar refractivity (Wildman–Crippen MR) is 72.8 cm³/mol. The highest BCUT2D eigenvalue weighted by molar-refractivity contribution is 5.14. The van der Waals surface area contributed by atoms with Gasteiger partial charge < -0.3 is 10.0 Å². The number of aliphatic hydroxyl groups is 1. The maximum Gasteiger partial charge on any atom is 0.0462 e. The Hall–Kier alpha value is -1.12. The van der Waals surface area contributed by atoms with Crippen molar-refractivity contribution in [1.29, 1.82) is 0 Å². The minimum Gasteiger partial charge on any atom is -0.396 e. The highest BCUT2D eigenvalue weighted by Gasteiger charge is 2.07. The van der Waals surface area contributed by atoms with E-state index in [0.29, 0.717) is 5.92 Å². The van der Waals surface area contributed by atoms with Crippen LogP contribution in [-0.4, -0.2) is 30.2 Å². The lowest BCUT2D eigenvalue weighted by atomic mass is 10.0. The molecule has 1 aromatic rings. The number of hydrogen-bond donors (Lipinski definition) is 1. The summed E-state index contributed by atoms with van der Waals surface area (Å²) in [7, 11) is 2.12.